The van der Waals surface area contributed by atoms with Gasteiger partial charge in [-0.25, -0.2) is 0 Å². The summed E-state index contributed by atoms with van der Waals surface area (Å²) in [5.41, 5.74) is 1.38. The van der Waals surface area contributed by atoms with Crippen LogP contribution >= 0.6 is 8.19 Å². The van der Waals surface area contributed by atoms with Crippen LogP contribution in [0.3, 0.4) is 0 Å². The van der Waals surface area contributed by atoms with Crippen LogP contribution in [-0.4, -0.2) is 0 Å². The zero-order valence-electron chi connectivity index (χ0n) is 12.6. The zero-order valence-corrected chi connectivity index (χ0v) is 13.6. The topological polar surface area (TPSA) is 0 Å². The van der Waals surface area contributed by atoms with Crippen LogP contribution in [0.5, 0.6) is 0 Å². The Hall–Kier alpha value is -2.56. The zero-order chi connectivity index (χ0) is 15.2. The van der Waals surface area contributed by atoms with Crippen LogP contribution in [0.15, 0.2) is 84.7 Å². The molecule has 1 atom stereocenters. The van der Waals surface area contributed by atoms with Gasteiger partial charge < -0.3 is 0 Å². The maximum Gasteiger partial charge on any atom is -0.00118 e. The first-order valence-electron chi connectivity index (χ1n) is 7.88. The van der Waals surface area contributed by atoms with Crippen LogP contribution in [0.25, 0.3) is 43.2 Å². The number of benzene rings is 4. The Morgan fingerprint density at radius 1 is 0.565 bits per heavy atom. The molecule has 0 radical (unpaired) electrons. The number of rotatable bonds is 1. The normalized spacial score (nSPS) is 11.8. The van der Waals surface area contributed by atoms with Gasteiger partial charge in [0.25, 0.3) is 0 Å². The summed E-state index contributed by atoms with van der Waals surface area (Å²) in [5, 5.41) is 9.44. The molecule has 4 aromatic carbocycles. The van der Waals surface area contributed by atoms with Crippen molar-refractivity contribution in [2.75, 3.05) is 0 Å². The maximum atomic E-state index is 2.35. The lowest BCUT2D eigenvalue weighted by molar-refractivity contribution is 1.76. The lowest BCUT2D eigenvalue weighted by Crippen LogP contribution is -1.83. The molecule has 0 aliphatic carbocycles. The highest BCUT2D eigenvalue weighted by Crippen LogP contribution is 2.39. The Kier molecular flexibility index (Phi) is 2.80. The second-order valence-corrected chi connectivity index (χ2v) is 7.13. The minimum absolute atomic E-state index is 0.773. The molecule has 108 valence electrons. The Morgan fingerprint density at radius 3 is 2.17 bits per heavy atom. The van der Waals surface area contributed by atoms with Crippen molar-refractivity contribution < 1.29 is 0 Å². The summed E-state index contributed by atoms with van der Waals surface area (Å²) in [4.78, 5) is 0. The van der Waals surface area contributed by atoms with Gasteiger partial charge in [0.05, 0.1) is 0 Å². The van der Waals surface area contributed by atoms with Crippen molar-refractivity contribution in [2.24, 2.45) is 0 Å². The minimum atomic E-state index is 0.773. The molecule has 0 aliphatic rings. The third-order valence-corrected chi connectivity index (χ3v) is 5.72. The van der Waals surface area contributed by atoms with Crippen LogP contribution in [0, 0.1) is 0 Å². The molecular formula is C22H15P. The number of fused-ring (bicyclic) bond motifs is 4. The molecule has 0 N–H and O–H groups in total. The second kappa shape index (κ2) is 4.98. The van der Waals surface area contributed by atoms with Gasteiger partial charge in [-0.2, -0.15) is 0 Å². The van der Waals surface area contributed by atoms with E-state index < -0.39 is 0 Å². The predicted molar refractivity (Wildman–Crippen MR) is 104 cm³/mol. The summed E-state index contributed by atoms with van der Waals surface area (Å²) in [5.74, 6) is 2.26. The molecule has 5 rings (SSSR count). The summed E-state index contributed by atoms with van der Waals surface area (Å²) in [6, 6.07) is 28.9. The fourth-order valence-corrected chi connectivity index (χ4v) is 4.45. The van der Waals surface area contributed by atoms with Gasteiger partial charge in [-0.15, -0.1) is 8.19 Å². The first kappa shape index (κ1) is 12.9. The smallest absolute Gasteiger partial charge is 0.00118 e. The first-order chi connectivity index (χ1) is 11.4. The molecule has 0 saturated carbocycles. The molecule has 1 aromatic heterocycles. The third-order valence-electron chi connectivity index (χ3n) is 4.61. The number of hydrogen-bond donors (Lipinski definition) is 0. The molecule has 0 aliphatic heterocycles. The quantitative estimate of drug-likeness (QED) is 0.235. The van der Waals surface area contributed by atoms with E-state index in [-0.39, 0.29) is 0 Å². The van der Waals surface area contributed by atoms with E-state index in [0.29, 0.717) is 0 Å². The molecule has 23 heavy (non-hydrogen) atoms. The van der Waals surface area contributed by atoms with Gasteiger partial charge in [-0.3, -0.25) is 0 Å². The monoisotopic (exact) mass is 310 g/mol. The van der Waals surface area contributed by atoms with Gasteiger partial charge in [0, 0.05) is 0 Å². The van der Waals surface area contributed by atoms with Crippen molar-refractivity contribution in [1.82, 2.24) is 0 Å². The van der Waals surface area contributed by atoms with Gasteiger partial charge >= 0.3 is 0 Å². The molecule has 0 spiro atoms. The van der Waals surface area contributed by atoms with Crippen molar-refractivity contribution in [2.45, 2.75) is 0 Å². The van der Waals surface area contributed by atoms with Crippen LogP contribution in [0.1, 0.15) is 0 Å². The highest BCUT2D eigenvalue weighted by Gasteiger charge is 2.08. The van der Waals surface area contributed by atoms with Crippen LogP contribution < -0.4 is 0 Å². The fraction of sp³-hybridized carbons (Fsp3) is 0. The predicted octanol–water partition coefficient (Wildman–Crippen LogP) is 6.84. The average molecular weight is 310 g/mol. The molecule has 1 heteroatoms. The molecule has 5 aromatic rings. The van der Waals surface area contributed by atoms with Gasteiger partial charge in [0.15, 0.2) is 0 Å². The van der Waals surface area contributed by atoms with Gasteiger partial charge in [0.2, 0.25) is 0 Å². The molecule has 0 amide bonds. The average Bonchev–Trinajstić information content (AvgIpc) is 3.14. The summed E-state index contributed by atoms with van der Waals surface area (Å²) in [6.07, 6.45) is 0. The van der Waals surface area contributed by atoms with Crippen molar-refractivity contribution in [1.29, 1.82) is 0 Å². The summed E-state index contributed by atoms with van der Waals surface area (Å²) >= 11 is 0. The molecule has 0 bridgehead atoms. The Labute approximate surface area is 136 Å². The fourth-order valence-electron chi connectivity index (χ4n) is 3.52. The molecular weight excluding hydrogens is 295 g/mol. The molecule has 1 heterocycles. The van der Waals surface area contributed by atoms with E-state index in [2.05, 4.69) is 84.7 Å². The summed E-state index contributed by atoms with van der Waals surface area (Å²) in [7, 11) is 0.773. The summed E-state index contributed by atoms with van der Waals surface area (Å²) in [6.45, 7) is 0. The lowest BCUT2D eigenvalue weighted by atomic mass is 9.95. The van der Waals surface area contributed by atoms with Gasteiger partial charge in [0.1, 0.15) is 0 Å². The SMILES string of the molecule is c1c[pH]c(-c2cccc3ccc4cc5ccccc5cc4c23)c1. The van der Waals surface area contributed by atoms with E-state index in [0.717, 1.165) is 8.19 Å². The Morgan fingerprint density at radius 2 is 1.35 bits per heavy atom. The first-order valence-corrected chi connectivity index (χ1v) is 8.96. The van der Waals surface area contributed by atoms with Crippen molar-refractivity contribution in [3.8, 4) is 10.9 Å². The van der Waals surface area contributed by atoms with E-state index in [4.69, 9.17) is 0 Å². The lowest BCUT2D eigenvalue weighted by Gasteiger charge is -2.10. The van der Waals surface area contributed by atoms with Crippen molar-refractivity contribution in [3.05, 3.63) is 84.7 Å². The third kappa shape index (κ3) is 2.00. The van der Waals surface area contributed by atoms with Crippen LogP contribution in [0.4, 0.5) is 0 Å². The highest BCUT2D eigenvalue weighted by atomic mass is 31.0. The summed E-state index contributed by atoms with van der Waals surface area (Å²) < 4.78 is 0. The van der Waals surface area contributed by atoms with E-state index in [9.17, 15) is 0 Å². The molecule has 1 unspecified atom stereocenters. The Balaban J connectivity index is 2.00. The van der Waals surface area contributed by atoms with E-state index >= 15 is 0 Å². The van der Waals surface area contributed by atoms with E-state index in [1.54, 1.807) is 0 Å². The number of hydrogen-bond acceptors (Lipinski definition) is 0. The van der Waals surface area contributed by atoms with Crippen LogP contribution in [-0.2, 0) is 0 Å². The minimum Gasteiger partial charge on any atom is -0.132 e. The molecule has 0 saturated heterocycles. The van der Waals surface area contributed by atoms with Gasteiger partial charge in [-0.1, -0.05) is 66.7 Å². The van der Waals surface area contributed by atoms with E-state index in [1.807, 2.05) is 0 Å². The molecule has 0 fully saturated rings. The van der Waals surface area contributed by atoms with Crippen LogP contribution in [0.2, 0.25) is 0 Å². The van der Waals surface area contributed by atoms with Crippen molar-refractivity contribution >= 4 is 40.5 Å². The second-order valence-electron chi connectivity index (χ2n) is 5.97. The standard InChI is InChI=1S/C22H15P/c1-2-6-17-14-20-18(13-16(17)5-1)11-10-15-7-3-8-19(22(15)20)21-9-4-12-23-21/h1-14,23H. The Bertz CT molecular complexity index is 1150. The molecule has 0 nitrogen and oxygen atoms in total. The van der Waals surface area contributed by atoms with Crippen molar-refractivity contribution in [3.63, 3.8) is 0 Å². The maximum absolute atomic E-state index is 2.35. The highest BCUT2D eigenvalue weighted by molar-refractivity contribution is 7.33. The van der Waals surface area contributed by atoms with E-state index in [1.165, 1.54) is 43.2 Å². The van der Waals surface area contributed by atoms with Gasteiger partial charge in [-0.05, 0) is 61.1 Å². The largest absolute Gasteiger partial charge is 0.132 e.